The first-order valence-electron chi connectivity index (χ1n) is 8.25. The van der Waals surface area contributed by atoms with Gasteiger partial charge >= 0.3 is 0 Å². The average molecular weight is 326 g/mol. The Labute approximate surface area is 141 Å². The Kier molecular flexibility index (Phi) is 5.38. The van der Waals surface area contributed by atoms with Gasteiger partial charge in [-0.3, -0.25) is 9.78 Å². The number of nitrogens with one attached hydrogen (secondary N) is 1. The van der Waals surface area contributed by atoms with Crippen LogP contribution in [0.3, 0.4) is 0 Å². The fraction of sp³-hybridized carbons (Fsp3) is 0.389. The van der Waals surface area contributed by atoms with Gasteiger partial charge in [-0.2, -0.15) is 0 Å². The van der Waals surface area contributed by atoms with Crippen LogP contribution < -0.4 is 10.2 Å². The van der Waals surface area contributed by atoms with E-state index in [0.717, 1.165) is 37.3 Å². The summed E-state index contributed by atoms with van der Waals surface area (Å²) in [6, 6.07) is 9.21. The number of anilines is 1. The molecule has 2 N–H and O–H groups in total. The van der Waals surface area contributed by atoms with E-state index in [-0.39, 0.29) is 24.5 Å². The second-order valence-corrected chi connectivity index (χ2v) is 5.98. The highest BCUT2D eigenvalue weighted by Gasteiger charge is 2.27. The molecule has 1 amide bonds. The molecule has 6 heteroatoms. The van der Waals surface area contributed by atoms with Crippen molar-refractivity contribution in [2.75, 3.05) is 24.6 Å². The number of aliphatic hydroxyl groups is 1. The SMILES string of the molecule is O=C(N[C@H](CO)c1ccccc1)C1CCN(c2cnccn2)CC1. The van der Waals surface area contributed by atoms with Crippen molar-refractivity contribution in [3.05, 3.63) is 54.5 Å². The van der Waals surface area contributed by atoms with Crippen LogP contribution in [-0.2, 0) is 4.79 Å². The summed E-state index contributed by atoms with van der Waals surface area (Å²) in [7, 11) is 0. The summed E-state index contributed by atoms with van der Waals surface area (Å²) >= 11 is 0. The summed E-state index contributed by atoms with van der Waals surface area (Å²) in [5.41, 5.74) is 0.922. The lowest BCUT2D eigenvalue weighted by atomic mass is 9.95. The van der Waals surface area contributed by atoms with Gasteiger partial charge < -0.3 is 15.3 Å². The van der Waals surface area contributed by atoms with Gasteiger partial charge in [-0.15, -0.1) is 0 Å². The highest BCUT2D eigenvalue weighted by Crippen LogP contribution is 2.22. The molecule has 1 atom stereocenters. The third-order valence-corrected chi connectivity index (χ3v) is 4.44. The molecule has 0 radical (unpaired) electrons. The Hall–Kier alpha value is -2.47. The number of benzene rings is 1. The second kappa shape index (κ2) is 7.88. The monoisotopic (exact) mass is 326 g/mol. The largest absolute Gasteiger partial charge is 0.394 e. The molecule has 1 fully saturated rings. The van der Waals surface area contributed by atoms with Crippen LogP contribution in [0.5, 0.6) is 0 Å². The predicted molar refractivity (Wildman–Crippen MR) is 91.4 cm³/mol. The molecule has 1 aliphatic rings. The fourth-order valence-electron chi connectivity index (χ4n) is 3.03. The molecule has 126 valence electrons. The van der Waals surface area contributed by atoms with Gasteiger partial charge in [0, 0.05) is 31.4 Å². The van der Waals surface area contributed by atoms with E-state index in [2.05, 4.69) is 20.2 Å². The Balaban J connectivity index is 1.55. The predicted octanol–water partition coefficient (Wildman–Crippen LogP) is 1.54. The molecule has 1 aromatic carbocycles. The normalized spacial score (nSPS) is 16.6. The minimum atomic E-state index is -0.350. The van der Waals surface area contributed by atoms with E-state index >= 15 is 0 Å². The van der Waals surface area contributed by atoms with Crippen molar-refractivity contribution in [1.82, 2.24) is 15.3 Å². The van der Waals surface area contributed by atoms with Crippen LogP contribution in [0.25, 0.3) is 0 Å². The van der Waals surface area contributed by atoms with E-state index in [4.69, 9.17) is 0 Å². The van der Waals surface area contributed by atoms with Crippen LogP contribution in [0.4, 0.5) is 5.82 Å². The van der Waals surface area contributed by atoms with E-state index < -0.39 is 0 Å². The van der Waals surface area contributed by atoms with Gasteiger partial charge in [-0.05, 0) is 18.4 Å². The van der Waals surface area contributed by atoms with Crippen LogP contribution in [0.2, 0.25) is 0 Å². The summed E-state index contributed by atoms with van der Waals surface area (Å²) in [4.78, 5) is 23.1. The highest BCUT2D eigenvalue weighted by molar-refractivity contribution is 5.79. The molecule has 2 aromatic rings. The van der Waals surface area contributed by atoms with Crippen LogP contribution >= 0.6 is 0 Å². The minimum absolute atomic E-state index is 0.0108. The van der Waals surface area contributed by atoms with Crippen molar-refractivity contribution in [2.45, 2.75) is 18.9 Å². The maximum atomic E-state index is 12.5. The van der Waals surface area contributed by atoms with Crippen LogP contribution in [0.15, 0.2) is 48.9 Å². The van der Waals surface area contributed by atoms with E-state index in [9.17, 15) is 9.90 Å². The first-order valence-corrected chi connectivity index (χ1v) is 8.25. The molecule has 1 aliphatic heterocycles. The van der Waals surface area contributed by atoms with Gasteiger partial charge in [-0.25, -0.2) is 4.98 Å². The van der Waals surface area contributed by atoms with Crippen LogP contribution in [-0.4, -0.2) is 40.7 Å². The summed E-state index contributed by atoms with van der Waals surface area (Å²) in [5, 5.41) is 12.6. The van der Waals surface area contributed by atoms with E-state index in [1.54, 1.807) is 18.6 Å². The van der Waals surface area contributed by atoms with E-state index in [1.165, 1.54) is 0 Å². The minimum Gasteiger partial charge on any atom is -0.394 e. The number of nitrogens with zero attached hydrogens (tertiary/aromatic N) is 3. The lowest BCUT2D eigenvalue weighted by Gasteiger charge is -2.32. The molecule has 0 aliphatic carbocycles. The zero-order valence-corrected chi connectivity index (χ0v) is 13.5. The number of amides is 1. The summed E-state index contributed by atoms with van der Waals surface area (Å²) < 4.78 is 0. The average Bonchev–Trinajstić information content (AvgIpc) is 2.67. The Morgan fingerprint density at radius 3 is 2.62 bits per heavy atom. The molecule has 0 unspecified atom stereocenters. The molecule has 6 nitrogen and oxygen atoms in total. The number of rotatable bonds is 5. The third-order valence-electron chi connectivity index (χ3n) is 4.44. The molecular formula is C18H22N4O2. The lowest BCUT2D eigenvalue weighted by Crippen LogP contribution is -2.42. The van der Waals surface area contributed by atoms with E-state index in [0.29, 0.717) is 0 Å². The van der Waals surface area contributed by atoms with Gasteiger partial charge in [0.05, 0.1) is 18.8 Å². The highest BCUT2D eigenvalue weighted by atomic mass is 16.3. The number of hydrogen-bond donors (Lipinski definition) is 2. The number of aliphatic hydroxyl groups excluding tert-OH is 1. The summed E-state index contributed by atoms with van der Waals surface area (Å²) in [6.45, 7) is 1.46. The zero-order chi connectivity index (χ0) is 16.8. The molecule has 2 heterocycles. The zero-order valence-electron chi connectivity index (χ0n) is 13.5. The topological polar surface area (TPSA) is 78.4 Å². The van der Waals surface area contributed by atoms with Crippen LogP contribution in [0, 0.1) is 5.92 Å². The lowest BCUT2D eigenvalue weighted by molar-refractivity contribution is -0.126. The van der Waals surface area contributed by atoms with Gasteiger partial charge in [0.25, 0.3) is 0 Å². The third kappa shape index (κ3) is 3.89. The molecule has 1 saturated heterocycles. The standard InChI is InChI=1S/C18H22N4O2/c23-13-16(14-4-2-1-3-5-14)21-18(24)15-6-10-22(11-7-15)17-12-19-8-9-20-17/h1-5,8-9,12,15-16,23H,6-7,10-11,13H2,(H,21,24)/t16-/m1/s1. The number of hydrogen-bond acceptors (Lipinski definition) is 5. The Morgan fingerprint density at radius 2 is 2.00 bits per heavy atom. The smallest absolute Gasteiger partial charge is 0.223 e. The van der Waals surface area contributed by atoms with Crippen molar-refractivity contribution in [1.29, 1.82) is 0 Å². The molecule has 3 rings (SSSR count). The molecule has 0 spiro atoms. The molecule has 1 aromatic heterocycles. The maximum Gasteiger partial charge on any atom is 0.223 e. The second-order valence-electron chi connectivity index (χ2n) is 5.98. The van der Waals surface area contributed by atoms with Gasteiger partial charge in [-0.1, -0.05) is 30.3 Å². The van der Waals surface area contributed by atoms with Crippen molar-refractivity contribution in [3.8, 4) is 0 Å². The number of piperidine rings is 1. The first-order chi connectivity index (χ1) is 11.8. The first kappa shape index (κ1) is 16.4. The fourth-order valence-corrected chi connectivity index (χ4v) is 3.03. The molecule has 0 saturated carbocycles. The van der Waals surface area contributed by atoms with Crippen molar-refractivity contribution in [3.63, 3.8) is 0 Å². The number of carbonyl (C=O) groups excluding carboxylic acids is 1. The van der Waals surface area contributed by atoms with Crippen molar-refractivity contribution in [2.24, 2.45) is 5.92 Å². The Morgan fingerprint density at radius 1 is 1.25 bits per heavy atom. The molecular weight excluding hydrogens is 304 g/mol. The maximum absolute atomic E-state index is 12.5. The van der Waals surface area contributed by atoms with Gasteiger partial charge in [0.2, 0.25) is 5.91 Å². The number of aromatic nitrogens is 2. The van der Waals surface area contributed by atoms with Crippen molar-refractivity contribution >= 4 is 11.7 Å². The number of carbonyl (C=O) groups is 1. The van der Waals surface area contributed by atoms with Crippen molar-refractivity contribution < 1.29 is 9.90 Å². The van der Waals surface area contributed by atoms with Crippen LogP contribution in [0.1, 0.15) is 24.4 Å². The summed E-state index contributed by atoms with van der Waals surface area (Å²) in [6.07, 6.45) is 6.63. The Bertz CT molecular complexity index is 643. The molecule has 24 heavy (non-hydrogen) atoms. The van der Waals surface area contributed by atoms with Gasteiger partial charge in [0.15, 0.2) is 0 Å². The van der Waals surface area contributed by atoms with Gasteiger partial charge in [0.1, 0.15) is 5.82 Å². The quantitative estimate of drug-likeness (QED) is 0.871. The van der Waals surface area contributed by atoms with E-state index in [1.807, 2.05) is 30.3 Å². The molecule has 0 bridgehead atoms. The summed E-state index contributed by atoms with van der Waals surface area (Å²) in [5.74, 6) is 0.835.